The molecular formula is C26H32ClN7O4. The fourth-order valence-corrected chi connectivity index (χ4v) is 3.86. The van der Waals surface area contributed by atoms with E-state index < -0.39 is 0 Å². The van der Waals surface area contributed by atoms with Crippen molar-refractivity contribution in [2.45, 2.75) is 0 Å². The summed E-state index contributed by atoms with van der Waals surface area (Å²) in [6.07, 6.45) is 2.60. The number of anilines is 4. The molecule has 2 N–H and O–H groups in total. The standard InChI is InChI=1S/C26H32ClN7O4/c1-8-23(35)30-18-13-19(21(36-5)14-20(18)34(4)10-9-33(2)3)31-26-29-15-28-25(32-26)16-11-17(27)24(38-7)22(12-16)37-6/h8,11-15H,1,9-10H2,2-7H3,(H,30,35)(H,28,29,31,32). The molecule has 38 heavy (non-hydrogen) atoms. The zero-order valence-electron chi connectivity index (χ0n) is 22.3. The summed E-state index contributed by atoms with van der Waals surface area (Å²) in [5.41, 5.74) is 2.50. The van der Waals surface area contributed by atoms with Crippen LogP contribution < -0.4 is 29.7 Å². The van der Waals surface area contributed by atoms with Crippen LogP contribution in [-0.2, 0) is 4.79 Å². The average molecular weight is 542 g/mol. The predicted octanol–water partition coefficient (Wildman–Crippen LogP) is 4.08. The number of nitrogens with zero attached hydrogens (tertiary/aromatic N) is 5. The molecule has 0 saturated carbocycles. The van der Waals surface area contributed by atoms with E-state index in [0.29, 0.717) is 45.0 Å². The number of benzene rings is 2. The van der Waals surface area contributed by atoms with Crippen LogP contribution in [0, 0.1) is 0 Å². The summed E-state index contributed by atoms with van der Waals surface area (Å²) in [7, 11) is 10.5. The Hall–Kier alpha value is -4.09. The lowest BCUT2D eigenvalue weighted by atomic mass is 10.2. The maximum atomic E-state index is 12.2. The topological polar surface area (TPSA) is 114 Å². The molecule has 2 aromatic carbocycles. The number of likely N-dealkylation sites (N-methyl/N-ethyl adjacent to an activating group) is 2. The van der Waals surface area contributed by atoms with Gasteiger partial charge in [0.1, 0.15) is 12.1 Å². The van der Waals surface area contributed by atoms with E-state index in [1.807, 2.05) is 32.1 Å². The van der Waals surface area contributed by atoms with Crippen molar-refractivity contribution in [2.75, 3.05) is 71.1 Å². The van der Waals surface area contributed by atoms with Gasteiger partial charge in [-0.25, -0.2) is 9.97 Å². The molecule has 0 bridgehead atoms. The molecule has 11 nitrogen and oxygen atoms in total. The molecule has 0 spiro atoms. The Morgan fingerprint density at radius 2 is 1.74 bits per heavy atom. The number of ether oxygens (including phenoxy) is 3. The van der Waals surface area contributed by atoms with Gasteiger partial charge in [-0.3, -0.25) is 4.79 Å². The molecule has 3 rings (SSSR count). The van der Waals surface area contributed by atoms with Crippen molar-refractivity contribution in [2.24, 2.45) is 0 Å². The van der Waals surface area contributed by atoms with E-state index in [4.69, 9.17) is 25.8 Å². The molecule has 3 aromatic rings. The van der Waals surface area contributed by atoms with Gasteiger partial charge < -0.3 is 34.6 Å². The minimum atomic E-state index is -0.337. The Morgan fingerprint density at radius 3 is 2.37 bits per heavy atom. The summed E-state index contributed by atoms with van der Waals surface area (Å²) >= 11 is 6.37. The first-order valence-corrected chi connectivity index (χ1v) is 12.0. The lowest BCUT2D eigenvalue weighted by Crippen LogP contribution is -2.29. The van der Waals surface area contributed by atoms with Gasteiger partial charge in [-0.15, -0.1) is 0 Å². The second-order valence-corrected chi connectivity index (χ2v) is 8.85. The molecular weight excluding hydrogens is 510 g/mol. The largest absolute Gasteiger partial charge is 0.494 e. The van der Waals surface area contributed by atoms with Gasteiger partial charge in [0.15, 0.2) is 17.3 Å². The molecule has 12 heteroatoms. The summed E-state index contributed by atoms with van der Waals surface area (Å²) in [4.78, 5) is 29.4. The normalized spacial score (nSPS) is 10.6. The van der Waals surface area contributed by atoms with Gasteiger partial charge in [0.2, 0.25) is 11.9 Å². The Balaban J connectivity index is 2.00. The van der Waals surface area contributed by atoms with Gasteiger partial charge in [-0.05, 0) is 38.4 Å². The SMILES string of the molecule is C=CC(=O)Nc1cc(Nc2ncnc(-c3cc(Cl)c(OC)c(OC)c3)n2)c(OC)cc1N(C)CCN(C)C. The first-order valence-electron chi connectivity index (χ1n) is 11.6. The van der Waals surface area contributed by atoms with Crippen molar-refractivity contribution in [3.05, 3.63) is 48.3 Å². The zero-order valence-corrected chi connectivity index (χ0v) is 23.1. The van der Waals surface area contributed by atoms with Gasteiger partial charge >= 0.3 is 0 Å². The first kappa shape index (κ1) is 28.5. The number of methoxy groups -OCH3 is 3. The van der Waals surface area contributed by atoms with Crippen molar-refractivity contribution in [1.29, 1.82) is 0 Å². The number of amides is 1. The molecule has 202 valence electrons. The lowest BCUT2D eigenvalue weighted by molar-refractivity contribution is -0.111. The van der Waals surface area contributed by atoms with E-state index in [1.54, 1.807) is 25.3 Å². The predicted molar refractivity (Wildman–Crippen MR) is 150 cm³/mol. The fourth-order valence-electron chi connectivity index (χ4n) is 3.57. The number of rotatable bonds is 12. The molecule has 0 atom stereocenters. The summed E-state index contributed by atoms with van der Waals surface area (Å²) in [5.74, 6) is 1.68. The van der Waals surface area contributed by atoms with Crippen molar-refractivity contribution < 1.29 is 19.0 Å². The van der Waals surface area contributed by atoms with Crippen LogP contribution in [0.2, 0.25) is 5.02 Å². The highest BCUT2D eigenvalue weighted by molar-refractivity contribution is 6.32. The van der Waals surface area contributed by atoms with E-state index in [0.717, 1.165) is 18.8 Å². The number of halogens is 1. The third kappa shape index (κ3) is 6.81. The number of nitrogens with one attached hydrogen (secondary N) is 2. The molecule has 1 heterocycles. The van der Waals surface area contributed by atoms with Gasteiger partial charge in [0.05, 0.1) is 43.4 Å². The van der Waals surface area contributed by atoms with Crippen LogP contribution in [-0.4, -0.2) is 81.3 Å². The molecule has 0 saturated heterocycles. The molecule has 0 aliphatic heterocycles. The van der Waals surface area contributed by atoms with Crippen molar-refractivity contribution in [3.63, 3.8) is 0 Å². The second-order valence-electron chi connectivity index (χ2n) is 8.44. The monoisotopic (exact) mass is 541 g/mol. The third-order valence-electron chi connectivity index (χ3n) is 5.57. The minimum absolute atomic E-state index is 0.258. The van der Waals surface area contributed by atoms with Crippen LogP contribution in [0.25, 0.3) is 11.4 Å². The molecule has 0 fully saturated rings. The molecule has 0 unspecified atom stereocenters. The van der Waals surface area contributed by atoms with E-state index in [1.165, 1.54) is 26.6 Å². The van der Waals surface area contributed by atoms with Crippen molar-refractivity contribution in [3.8, 4) is 28.6 Å². The Morgan fingerprint density at radius 1 is 1.00 bits per heavy atom. The van der Waals surface area contributed by atoms with E-state index >= 15 is 0 Å². The smallest absolute Gasteiger partial charge is 0.247 e. The maximum Gasteiger partial charge on any atom is 0.247 e. The summed E-state index contributed by atoms with van der Waals surface area (Å²) in [5, 5.41) is 6.40. The number of hydrogen-bond donors (Lipinski definition) is 2. The summed E-state index contributed by atoms with van der Waals surface area (Å²) in [6, 6.07) is 7.01. The van der Waals surface area contributed by atoms with Crippen molar-refractivity contribution in [1.82, 2.24) is 19.9 Å². The fraction of sp³-hybridized carbons (Fsp3) is 0.308. The van der Waals surface area contributed by atoms with E-state index in [-0.39, 0.29) is 11.9 Å². The number of aromatic nitrogens is 3. The molecule has 0 aliphatic carbocycles. The quantitative estimate of drug-likeness (QED) is 0.325. The highest BCUT2D eigenvalue weighted by Crippen LogP contribution is 2.40. The molecule has 1 aromatic heterocycles. The van der Waals surface area contributed by atoms with Gasteiger partial charge in [0.25, 0.3) is 0 Å². The minimum Gasteiger partial charge on any atom is -0.494 e. The van der Waals surface area contributed by atoms with E-state index in [2.05, 4.69) is 37.1 Å². The van der Waals surface area contributed by atoms with Crippen LogP contribution in [0.4, 0.5) is 23.0 Å². The third-order valence-corrected chi connectivity index (χ3v) is 5.85. The van der Waals surface area contributed by atoms with Gasteiger partial charge in [-0.2, -0.15) is 4.98 Å². The zero-order chi connectivity index (χ0) is 27.8. The molecule has 0 radical (unpaired) electrons. The Labute approximate surface area is 227 Å². The lowest BCUT2D eigenvalue weighted by Gasteiger charge is -2.26. The van der Waals surface area contributed by atoms with Crippen LogP contribution in [0.5, 0.6) is 17.2 Å². The van der Waals surface area contributed by atoms with Crippen LogP contribution in [0.1, 0.15) is 0 Å². The number of carbonyl (C=O) groups is 1. The van der Waals surface area contributed by atoms with Gasteiger partial charge in [-0.1, -0.05) is 18.2 Å². The van der Waals surface area contributed by atoms with Crippen LogP contribution in [0.15, 0.2) is 43.2 Å². The Bertz CT molecular complexity index is 1300. The maximum absolute atomic E-state index is 12.2. The second kappa shape index (κ2) is 12.9. The van der Waals surface area contributed by atoms with Crippen LogP contribution >= 0.6 is 11.6 Å². The highest BCUT2D eigenvalue weighted by atomic mass is 35.5. The number of carbonyl (C=O) groups excluding carboxylic acids is 1. The molecule has 1 amide bonds. The molecule has 0 aliphatic rings. The van der Waals surface area contributed by atoms with Gasteiger partial charge in [0, 0.05) is 31.8 Å². The van der Waals surface area contributed by atoms with Crippen LogP contribution in [0.3, 0.4) is 0 Å². The van der Waals surface area contributed by atoms with E-state index in [9.17, 15) is 4.79 Å². The highest BCUT2D eigenvalue weighted by Gasteiger charge is 2.18. The average Bonchev–Trinajstić information content (AvgIpc) is 2.91. The summed E-state index contributed by atoms with van der Waals surface area (Å²) in [6.45, 7) is 5.10. The Kier molecular flexibility index (Phi) is 9.69. The summed E-state index contributed by atoms with van der Waals surface area (Å²) < 4.78 is 16.4. The first-order chi connectivity index (χ1) is 18.2. The van der Waals surface area contributed by atoms with Crippen molar-refractivity contribution >= 4 is 40.5 Å². The number of hydrogen-bond acceptors (Lipinski definition) is 10.